The van der Waals surface area contributed by atoms with Gasteiger partial charge in [-0.05, 0) is 24.3 Å². The van der Waals surface area contributed by atoms with Crippen LogP contribution in [-0.2, 0) is 0 Å². The minimum atomic E-state index is -0.389. The van der Waals surface area contributed by atoms with E-state index in [1.807, 2.05) is 12.1 Å². The summed E-state index contributed by atoms with van der Waals surface area (Å²) in [6.45, 7) is 0. The lowest BCUT2D eigenvalue weighted by atomic mass is 10.3. The number of hydrogen-bond acceptors (Lipinski definition) is 0. The molecule has 0 saturated heterocycles. The topological polar surface area (TPSA) is 4.93 Å². The predicted octanol–water partition coefficient (Wildman–Crippen LogP) is 3.27. The van der Waals surface area contributed by atoms with Gasteiger partial charge in [-0.2, -0.15) is 0 Å². The molecule has 0 unspecified atom stereocenters. The predicted molar refractivity (Wildman–Crippen MR) is 50.7 cm³/mol. The van der Waals surface area contributed by atoms with Gasteiger partial charge in [-0.3, -0.25) is 0 Å². The first-order valence-corrected chi connectivity index (χ1v) is 4.24. The lowest BCUT2D eigenvalue weighted by Crippen LogP contribution is -1.94. The number of benzene rings is 1. The fraction of sp³-hybridized carbons (Fsp3) is 0. The molecule has 66 valence electrons. The molecule has 0 radical (unpaired) electrons. The van der Waals surface area contributed by atoms with Crippen LogP contribution in [-0.4, -0.2) is 4.57 Å². The Labute approximate surface area is 80.4 Å². The Morgan fingerprint density at radius 2 is 1.77 bits per heavy atom. The van der Waals surface area contributed by atoms with E-state index in [9.17, 15) is 4.39 Å². The summed E-state index contributed by atoms with van der Waals surface area (Å²) in [7, 11) is 0. The fourth-order valence-corrected chi connectivity index (χ4v) is 1.36. The van der Waals surface area contributed by atoms with Crippen molar-refractivity contribution in [1.29, 1.82) is 0 Å². The van der Waals surface area contributed by atoms with E-state index in [4.69, 9.17) is 11.6 Å². The van der Waals surface area contributed by atoms with E-state index >= 15 is 0 Å². The highest BCUT2D eigenvalue weighted by atomic mass is 35.5. The van der Waals surface area contributed by atoms with E-state index in [-0.39, 0.29) is 10.8 Å². The highest BCUT2D eigenvalue weighted by molar-refractivity contribution is 6.30. The standard InChI is InChI=1S/C10H7ClFN/c11-8-4-3-5-9(10(8)12)13-6-1-2-7-13/h1-7H. The molecule has 0 spiro atoms. The molecule has 1 aromatic carbocycles. The second-order valence-corrected chi connectivity index (χ2v) is 3.07. The highest BCUT2D eigenvalue weighted by Crippen LogP contribution is 2.20. The number of rotatable bonds is 1. The number of hydrogen-bond donors (Lipinski definition) is 0. The molecule has 2 rings (SSSR count). The van der Waals surface area contributed by atoms with Crippen LogP contribution in [0.15, 0.2) is 42.7 Å². The summed E-state index contributed by atoms with van der Waals surface area (Å²) >= 11 is 5.64. The van der Waals surface area contributed by atoms with Crippen LogP contribution in [0.3, 0.4) is 0 Å². The van der Waals surface area contributed by atoms with Crippen LogP contribution in [0.4, 0.5) is 4.39 Å². The van der Waals surface area contributed by atoms with Crippen LogP contribution in [0.2, 0.25) is 5.02 Å². The summed E-state index contributed by atoms with van der Waals surface area (Å²) in [6.07, 6.45) is 3.55. The second-order valence-electron chi connectivity index (χ2n) is 2.66. The number of nitrogens with zero attached hydrogens (tertiary/aromatic N) is 1. The van der Waals surface area contributed by atoms with Gasteiger partial charge in [0.1, 0.15) is 0 Å². The molecule has 2 aromatic rings. The van der Waals surface area contributed by atoms with E-state index < -0.39 is 0 Å². The normalized spacial score (nSPS) is 10.3. The number of halogens is 2. The van der Waals surface area contributed by atoms with Crippen molar-refractivity contribution in [3.05, 3.63) is 53.6 Å². The summed E-state index contributed by atoms with van der Waals surface area (Å²) < 4.78 is 15.1. The van der Waals surface area contributed by atoms with Crippen molar-refractivity contribution in [3.63, 3.8) is 0 Å². The van der Waals surface area contributed by atoms with Crippen LogP contribution in [0, 0.1) is 5.82 Å². The van der Waals surface area contributed by atoms with Gasteiger partial charge in [-0.25, -0.2) is 4.39 Å². The van der Waals surface area contributed by atoms with Crippen molar-refractivity contribution in [2.45, 2.75) is 0 Å². The first-order chi connectivity index (χ1) is 6.29. The molecular weight excluding hydrogens is 189 g/mol. The van der Waals surface area contributed by atoms with E-state index in [0.29, 0.717) is 5.69 Å². The first kappa shape index (κ1) is 8.32. The van der Waals surface area contributed by atoms with Gasteiger partial charge in [0.2, 0.25) is 0 Å². The van der Waals surface area contributed by atoms with E-state index in [1.165, 1.54) is 6.07 Å². The minimum Gasteiger partial charge on any atom is -0.321 e. The minimum absolute atomic E-state index is 0.145. The van der Waals surface area contributed by atoms with Crippen molar-refractivity contribution < 1.29 is 4.39 Å². The summed E-state index contributed by atoms with van der Waals surface area (Å²) in [5, 5.41) is 0.145. The molecular formula is C10H7ClFN. The molecule has 0 atom stereocenters. The van der Waals surface area contributed by atoms with Gasteiger partial charge in [0.05, 0.1) is 10.7 Å². The van der Waals surface area contributed by atoms with Gasteiger partial charge in [0.25, 0.3) is 0 Å². The van der Waals surface area contributed by atoms with Gasteiger partial charge < -0.3 is 4.57 Å². The second kappa shape index (κ2) is 3.23. The third kappa shape index (κ3) is 1.45. The molecule has 0 fully saturated rings. The Kier molecular flexibility index (Phi) is 2.07. The largest absolute Gasteiger partial charge is 0.321 e. The Morgan fingerprint density at radius 3 is 2.46 bits per heavy atom. The summed E-state index contributed by atoms with van der Waals surface area (Å²) in [5.41, 5.74) is 0.470. The summed E-state index contributed by atoms with van der Waals surface area (Å²) in [5.74, 6) is -0.389. The highest BCUT2D eigenvalue weighted by Gasteiger charge is 2.05. The van der Waals surface area contributed by atoms with Crippen molar-refractivity contribution in [2.24, 2.45) is 0 Å². The third-order valence-corrected chi connectivity index (χ3v) is 2.11. The van der Waals surface area contributed by atoms with E-state index in [0.717, 1.165) is 0 Å². The fourth-order valence-electron chi connectivity index (χ4n) is 1.19. The smallest absolute Gasteiger partial charge is 0.165 e. The van der Waals surface area contributed by atoms with Gasteiger partial charge in [-0.1, -0.05) is 17.7 Å². The lowest BCUT2D eigenvalue weighted by molar-refractivity contribution is 0.619. The molecule has 0 N–H and O–H groups in total. The molecule has 3 heteroatoms. The Balaban J connectivity index is 2.59. The van der Waals surface area contributed by atoms with Gasteiger partial charge in [0.15, 0.2) is 5.82 Å². The third-order valence-electron chi connectivity index (χ3n) is 1.81. The summed E-state index contributed by atoms with van der Waals surface area (Å²) in [4.78, 5) is 0. The van der Waals surface area contributed by atoms with Crippen LogP contribution in [0.5, 0.6) is 0 Å². The quantitative estimate of drug-likeness (QED) is 0.658. The molecule has 0 aliphatic rings. The Morgan fingerprint density at radius 1 is 1.08 bits per heavy atom. The number of aromatic nitrogens is 1. The average molecular weight is 196 g/mol. The van der Waals surface area contributed by atoms with Crippen LogP contribution in [0.1, 0.15) is 0 Å². The zero-order chi connectivity index (χ0) is 9.26. The first-order valence-electron chi connectivity index (χ1n) is 3.86. The molecule has 1 aromatic heterocycles. The maximum Gasteiger partial charge on any atom is 0.165 e. The molecule has 0 saturated carbocycles. The van der Waals surface area contributed by atoms with Gasteiger partial charge >= 0.3 is 0 Å². The van der Waals surface area contributed by atoms with Crippen molar-refractivity contribution in [3.8, 4) is 5.69 Å². The maximum atomic E-state index is 13.4. The SMILES string of the molecule is Fc1c(Cl)cccc1-n1cccc1. The van der Waals surface area contributed by atoms with Crippen molar-refractivity contribution in [2.75, 3.05) is 0 Å². The van der Waals surface area contributed by atoms with Crippen molar-refractivity contribution in [1.82, 2.24) is 4.57 Å². The van der Waals surface area contributed by atoms with Crippen LogP contribution in [0.25, 0.3) is 5.69 Å². The molecule has 1 heterocycles. The van der Waals surface area contributed by atoms with Gasteiger partial charge in [-0.15, -0.1) is 0 Å². The molecule has 0 aliphatic carbocycles. The Hall–Kier alpha value is -1.28. The van der Waals surface area contributed by atoms with E-state index in [1.54, 1.807) is 29.1 Å². The maximum absolute atomic E-state index is 13.4. The average Bonchev–Trinajstić information content (AvgIpc) is 2.62. The zero-order valence-corrected chi connectivity index (χ0v) is 7.50. The van der Waals surface area contributed by atoms with E-state index in [2.05, 4.69) is 0 Å². The van der Waals surface area contributed by atoms with Gasteiger partial charge in [0, 0.05) is 12.4 Å². The Bertz CT molecular complexity index is 409. The monoisotopic (exact) mass is 195 g/mol. The summed E-state index contributed by atoms with van der Waals surface area (Å²) in [6, 6.07) is 8.60. The van der Waals surface area contributed by atoms with Crippen LogP contribution >= 0.6 is 11.6 Å². The van der Waals surface area contributed by atoms with Crippen molar-refractivity contribution >= 4 is 11.6 Å². The van der Waals surface area contributed by atoms with Crippen LogP contribution < -0.4 is 0 Å². The zero-order valence-electron chi connectivity index (χ0n) is 6.74. The lowest BCUT2D eigenvalue weighted by Gasteiger charge is -2.04. The molecule has 13 heavy (non-hydrogen) atoms. The molecule has 0 aliphatic heterocycles. The molecule has 0 amide bonds. The molecule has 1 nitrogen and oxygen atoms in total. The molecule has 0 bridgehead atoms.